The van der Waals surface area contributed by atoms with Crippen LogP contribution in [0.15, 0.2) is 72.3 Å². The Morgan fingerprint density at radius 2 is 1.74 bits per heavy atom. The summed E-state index contributed by atoms with van der Waals surface area (Å²) < 4.78 is 16.3. The lowest BCUT2D eigenvalue weighted by atomic mass is 9.95. The van der Waals surface area contributed by atoms with E-state index in [0.29, 0.717) is 45.7 Å². The summed E-state index contributed by atoms with van der Waals surface area (Å²) in [6.07, 6.45) is 0. The molecule has 5 rings (SSSR count). The van der Waals surface area contributed by atoms with Crippen molar-refractivity contribution >= 4 is 34.7 Å². The molecule has 1 N–H and O–H groups in total. The lowest BCUT2D eigenvalue weighted by Gasteiger charge is -2.25. The smallest absolute Gasteiger partial charge is 0.300 e. The van der Waals surface area contributed by atoms with Gasteiger partial charge in [-0.1, -0.05) is 23.7 Å². The van der Waals surface area contributed by atoms with Crippen molar-refractivity contribution in [3.63, 3.8) is 0 Å². The molecule has 34 heavy (non-hydrogen) atoms. The number of carbonyl (C=O) groups is 2. The van der Waals surface area contributed by atoms with E-state index in [1.807, 2.05) is 6.92 Å². The predicted molar refractivity (Wildman–Crippen MR) is 126 cm³/mol. The van der Waals surface area contributed by atoms with Gasteiger partial charge in [-0.3, -0.25) is 14.5 Å². The standard InChI is InChI=1S/C26H20ClNO6/c1-2-32-19-10-3-15(4-11-19)23-22(24(29)16-5-12-20-21(13-16)34-14-33-20)25(30)26(31)28(23)18-8-6-17(27)7-9-18/h3-13,23,29H,2,14H2,1H3/b24-22-. The number of carbonyl (C=O) groups excluding carboxylic acids is 2. The number of hydrogen-bond acceptors (Lipinski definition) is 6. The summed E-state index contributed by atoms with van der Waals surface area (Å²) in [7, 11) is 0. The fourth-order valence-corrected chi connectivity index (χ4v) is 4.25. The molecule has 2 aliphatic heterocycles. The van der Waals surface area contributed by atoms with Crippen LogP contribution in [0.4, 0.5) is 5.69 Å². The molecule has 1 unspecified atom stereocenters. The molecular formula is C26H20ClNO6. The molecule has 0 aromatic heterocycles. The average Bonchev–Trinajstić information content (AvgIpc) is 3.42. The molecule has 0 bridgehead atoms. The van der Waals surface area contributed by atoms with Gasteiger partial charge in [-0.05, 0) is 67.1 Å². The van der Waals surface area contributed by atoms with Gasteiger partial charge in [0.25, 0.3) is 11.7 Å². The molecule has 172 valence electrons. The SMILES string of the molecule is CCOc1ccc(C2/C(=C(/O)c3ccc4c(c3)OCO4)C(=O)C(=O)N2c2ccc(Cl)cc2)cc1. The molecule has 0 radical (unpaired) electrons. The van der Waals surface area contributed by atoms with Gasteiger partial charge in [0.15, 0.2) is 11.5 Å². The number of halogens is 1. The Morgan fingerprint density at radius 1 is 1.03 bits per heavy atom. The molecule has 3 aromatic carbocycles. The van der Waals surface area contributed by atoms with Crippen molar-refractivity contribution in [3.05, 3.63) is 88.5 Å². The van der Waals surface area contributed by atoms with Gasteiger partial charge in [0.2, 0.25) is 6.79 Å². The molecule has 0 spiro atoms. The lowest BCUT2D eigenvalue weighted by molar-refractivity contribution is -0.132. The Kier molecular flexibility index (Phi) is 5.63. The van der Waals surface area contributed by atoms with Crippen LogP contribution in [0.3, 0.4) is 0 Å². The number of ether oxygens (including phenoxy) is 3. The third kappa shape index (κ3) is 3.74. The number of aliphatic hydroxyl groups excluding tert-OH is 1. The summed E-state index contributed by atoms with van der Waals surface area (Å²) in [6.45, 7) is 2.47. The maximum absolute atomic E-state index is 13.2. The summed E-state index contributed by atoms with van der Waals surface area (Å²) in [5.74, 6) is -0.181. The quantitative estimate of drug-likeness (QED) is 0.313. The first-order valence-electron chi connectivity index (χ1n) is 10.7. The van der Waals surface area contributed by atoms with Crippen LogP contribution in [0, 0.1) is 0 Å². The number of aliphatic hydroxyl groups is 1. The van der Waals surface area contributed by atoms with Gasteiger partial charge in [0, 0.05) is 16.3 Å². The number of hydrogen-bond donors (Lipinski definition) is 1. The fourth-order valence-electron chi connectivity index (χ4n) is 4.13. The highest BCUT2D eigenvalue weighted by Gasteiger charge is 2.47. The minimum Gasteiger partial charge on any atom is -0.507 e. The zero-order chi connectivity index (χ0) is 23.8. The van der Waals surface area contributed by atoms with E-state index in [1.165, 1.54) is 4.90 Å². The molecule has 1 amide bonds. The Bertz CT molecular complexity index is 1300. The molecule has 2 aliphatic rings. The van der Waals surface area contributed by atoms with E-state index in [4.69, 9.17) is 25.8 Å². The largest absolute Gasteiger partial charge is 0.507 e. The summed E-state index contributed by atoms with van der Waals surface area (Å²) in [4.78, 5) is 27.8. The van der Waals surface area contributed by atoms with E-state index in [9.17, 15) is 14.7 Å². The Balaban J connectivity index is 1.67. The van der Waals surface area contributed by atoms with Gasteiger partial charge in [-0.25, -0.2) is 0 Å². The minimum atomic E-state index is -0.859. The van der Waals surface area contributed by atoms with Gasteiger partial charge in [-0.2, -0.15) is 0 Å². The number of benzene rings is 3. The molecule has 1 fully saturated rings. The highest BCUT2D eigenvalue weighted by Crippen LogP contribution is 2.43. The monoisotopic (exact) mass is 477 g/mol. The number of anilines is 1. The minimum absolute atomic E-state index is 0.0250. The van der Waals surface area contributed by atoms with Crippen LogP contribution in [0.25, 0.3) is 5.76 Å². The second kappa shape index (κ2) is 8.76. The van der Waals surface area contributed by atoms with Gasteiger partial charge in [-0.15, -0.1) is 0 Å². The highest BCUT2D eigenvalue weighted by atomic mass is 35.5. The van der Waals surface area contributed by atoms with Crippen LogP contribution in [-0.4, -0.2) is 30.2 Å². The zero-order valence-electron chi connectivity index (χ0n) is 18.2. The Labute approximate surface area is 200 Å². The fraction of sp³-hybridized carbons (Fsp3) is 0.154. The first-order chi connectivity index (χ1) is 16.5. The van der Waals surface area contributed by atoms with E-state index in [-0.39, 0.29) is 18.1 Å². The van der Waals surface area contributed by atoms with Gasteiger partial charge < -0.3 is 19.3 Å². The van der Waals surface area contributed by atoms with Crippen molar-refractivity contribution in [3.8, 4) is 17.2 Å². The zero-order valence-corrected chi connectivity index (χ0v) is 18.9. The predicted octanol–water partition coefficient (Wildman–Crippen LogP) is 5.09. The topological polar surface area (TPSA) is 85.3 Å². The second-order valence-electron chi connectivity index (χ2n) is 7.72. The van der Waals surface area contributed by atoms with Crippen LogP contribution in [0.5, 0.6) is 17.2 Å². The van der Waals surface area contributed by atoms with E-state index >= 15 is 0 Å². The third-order valence-electron chi connectivity index (χ3n) is 5.70. The molecule has 7 nitrogen and oxygen atoms in total. The third-order valence-corrected chi connectivity index (χ3v) is 5.95. The van der Waals surface area contributed by atoms with E-state index in [2.05, 4.69) is 0 Å². The van der Waals surface area contributed by atoms with Crippen molar-refractivity contribution < 1.29 is 28.9 Å². The molecule has 2 heterocycles. The van der Waals surface area contributed by atoms with Gasteiger partial charge >= 0.3 is 0 Å². The number of fused-ring (bicyclic) bond motifs is 1. The first-order valence-corrected chi connectivity index (χ1v) is 11.0. The van der Waals surface area contributed by atoms with Crippen molar-refractivity contribution in [2.24, 2.45) is 0 Å². The first kappa shape index (κ1) is 21.9. The lowest BCUT2D eigenvalue weighted by Crippen LogP contribution is -2.29. The number of ketones is 1. The van der Waals surface area contributed by atoms with Crippen molar-refractivity contribution in [2.75, 3.05) is 18.3 Å². The highest BCUT2D eigenvalue weighted by molar-refractivity contribution is 6.51. The number of amides is 1. The number of nitrogens with zero attached hydrogens (tertiary/aromatic N) is 1. The maximum atomic E-state index is 13.2. The van der Waals surface area contributed by atoms with Crippen molar-refractivity contribution in [1.29, 1.82) is 0 Å². The van der Waals surface area contributed by atoms with E-state index < -0.39 is 17.7 Å². The maximum Gasteiger partial charge on any atom is 0.300 e. The summed E-state index contributed by atoms with van der Waals surface area (Å²) >= 11 is 6.03. The van der Waals surface area contributed by atoms with Gasteiger partial charge in [0.1, 0.15) is 11.5 Å². The van der Waals surface area contributed by atoms with E-state index in [0.717, 1.165) is 0 Å². The molecule has 1 atom stereocenters. The molecule has 1 saturated heterocycles. The molecule has 8 heteroatoms. The molecule has 0 aliphatic carbocycles. The van der Waals surface area contributed by atoms with E-state index in [1.54, 1.807) is 66.7 Å². The summed E-state index contributed by atoms with van der Waals surface area (Å²) in [5, 5.41) is 11.8. The normalized spacial score (nSPS) is 18.4. The van der Waals surface area contributed by atoms with Crippen LogP contribution >= 0.6 is 11.6 Å². The molecular weight excluding hydrogens is 458 g/mol. The second-order valence-corrected chi connectivity index (χ2v) is 8.15. The Morgan fingerprint density at radius 3 is 2.44 bits per heavy atom. The van der Waals surface area contributed by atoms with Crippen molar-refractivity contribution in [1.82, 2.24) is 0 Å². The average molecular weight is 478 g/mol. The Hall–Kier alpha value is -3.97. The molecule has 0 saturated carbocycles. The van der Waals surface area contributed by atoms with Crippen LogP contribution < -0.4 is 19.1 Å². The van der Waals surface area contributed by atoms with Crippen LogP contribution in [0.1, 0.15) is 24.1 Å². The van der Waals surface area contributed by atoms with Gasteiger partial charge in [0.05, 0.1) is 18.2 Å². The number of Topliss-reactive ketones (excluding diaryl/α,β-unsaturated/α-hetero) is 1. The summed E-state index contributed by atoms with van der Waals surface area (Å²) in [6, 6.07) is 17.7. The molecule has 3 aromatic rings. The van der Waals surface area contributed by atoms with Crippen LogP contribution in [-0.2, 0) is 9.59 Å². The number of rotatable bonds is 5. The van der Waals surface area contributed by atoms with Crippen molar-refractivity contribution in [2.45, 2.75) is 13.0 Å². The van der Waals surface area contributed by atoms with Crippen LogP contribution in [0.2, 0.25) is 5.02 Å². The summed E-state index contributed by atoms with van der Waals surface area (Å²) in [5.41, 5.74) is 1.44.